The third-order valence-electron chi connectivity index (χ3n) is 3.36. The second kappa shape index (κ2) is 5.77. The molecule has 3 N–H and O–H groups in total. The van der Waals surface area contributed by atoms with Crippen molar-refractivity contribution in [2.45, 2.75) is 32.2 Å². The summed E-state index contributed by atoms with van der Waals surface area (Å²) in [6.07, 6.45) is 6.73. The highest BCUT2D eigenvalue weighted by Crippen LogP contribution is 2.28. The van der Waals surface area contributed by atoms with E-state index in [1.807, 2.05) is 6.07 Å². The van der Waals surface area contributed by atoms with Gasteiger partial charge in [-0.05, 0) is 24.0 Å². The molecule has 1 aromatic heterocycles. The van der Waals surface area contributed by atoms with Crippen LogP contribution < -0.4 is 11.1 Å². The Balaban J connectivity index is 1.77. The number of pyridine rings is 1. The van der Waals surface area contributed by atoms with Crippen LogP contribution in [0.4, 0.5) is 0 Å². The summed E-state index contributed by atoms with van der Waals surface area (Å²) in [6.45, 7) is 1.21. The van der Waals surface area contributed by atoms with Crippen LogP contribution in [-0.4, -0.2) is 17.4 Å². The van der Waals surface area contributed by atoms with Gasteiger partial charge < -0.3 is 11.1 Å². The third kappa shape index (κ3) is 3.27. The van der Waals surface area contributed by atoms with Crippen LogP contribution in [-0.2, 0) is 6.54 Å². The quantitative estimate of drug-likeness (QED) is 0.809. The summed E-state index contributed by atoms with van der Waals surface area (Å²) in [5, 5.41) is 2.90. The van der Waals surface area contributed by atoms with Gasteiger partial charge in [-0.25, -0.2) is 0 Å². The largest absolute Gasteiger partial charge is 0.351 e. The van der Waals surface area contributed by atoms with Crippen molar-refractivity contribution in [1.29, 1.82) is 0 Å². The minimum absolute atomic E-state index is 0.0899. The highest BCUT2D eigenvalue weighted by atomic mass is 16.1. The Morgan fingerprint density at radius 3 is 2.82 bits per heavy atom. The zero-order chi connectivity index (χ0) is 12.1. The first-order valence-electron chi connectivity index (χ1n) is 6.23. The summed E-state index contributed by atoms with van der Waals surface area (Å²) < 4.78 is 0. The Bertz CT molecular complexity index is 371. The van der Waals surface area contributed by atoms with Crippen molar-refractivity contribution in [3.8, 4) is 0 Å². The Kier molecular flexibility index (Phi) is 4.09. The summed E-state index contributed by atoms with van der Waals surface area (Å²) in [7, 11) is 0. The van der Waals surface area contributed by atoms with E-state index < -0.39 is 0 Å². The third-order valence-corrected chi connectivity index (χ3v) is 3.36. The van der Waals surface area contributed by atoms with E-state index in [4.69, 9.17) is 5.73 Å². The summed E-state index contributed by atoms with van der Waals surface area (Å²) in [4.78, 5) is 15.8. The topological polar surface area (TPSA) is 68.0 Å². The lowest BCUT2D eigenvalue weighted by atomic mass is 9.83. The average molecular weight is 233 g/mol. The standard InChI is InChI=1S/C13H19N3O/c14-8-11-4-5-12(16-9-11)13(17)15-7-6-10-2-1-3-10/h4-5,9-10H,1-3,6-8,14H2,(H,15,17). The highest BCUT2D eigenvalue weighted by Gasteiger charge is 2.17. The van der Waals surface area contributed by atoms with Gasteiger partial charge in [0.2, 0.25) is 0 Å². The van der Waals surface area contributed by atoms with E-state index in [-0.39, 0.29) is 5.91 Å². The number of carbonyl (C=O) groups excluding carboxylic acids is 1. The van der Waals surface area contributed by atoms with Gasteiger partial charge in [0.15, 0.2) is 0 Å². The summed E-state index contributed by atoms with van der Waals surface area (Å²) in [6, 6.07) is 3.56. The number of nitrogens with two attached hydrogens (primary N) is 1. The smallest absolute Gasteiger partial charge is 0.269 e. The number of rotatable bonds is 5. The predicted octanol–water partition coefficient (Wildman–Crippen LogP) is 1.46. The van der Waals surface area contributed by atoms with Crippen LogP contribution in [0.15, 0.2) is 18.3 Å². The molecule has 0 aromatic carbocycles. The predicted molar refractivity (Wildman–Crippen MR) is 66.4 cm³/mol. The molecule has 0 spiro atoms. The van der Waals surface area contributed by atoms with Crippen molar-refractivity contribution in [2.24, 2.45) is 11.7 Å². The lowest BCUT2D eigenvalue weighted by Crippen LogP contribution is -2.28. The maximum Gasteiger partial charge on any atom is 0.269 e. The van der Waals surface area contributed by atoms with E-state index in [1.165, 1.54) is 19.3 Å². The van der Waals surface area contributed by atoms with Crippen LogP contribution in [0.3, 0.4) is 0 Å². The number of nitrogens with zero attached hydrogens (tertiary/aromatic N) is 1. The molecule has 0 bridgehead atoms. The molecule has 2 rings (SSSR count). The molecule has 1 amide bonds. The van der Waals surface area contributed by atoms with Gasteiger partial charge in [0.25, 0.3) is 5.91 Å². The fourth-order valence-corrected chi connectivity index (χ4v) is 1.94. The minimum atomic E-state index is -0.0899. The lowest BCUT2D eigenvalue weighted by Gasteiger charge is -2.25. The van der Waals surface area contributed by atoms with Crippen LogP contribution in [0.2, 0.25) is 0 Å². The first-order valence-corrected chi connectivity index (χ1v) is 6.23. The molecule has 4 nitrogen and oxygen atoms in total. The zero-order valence-electron chi connectivity index (χ0n) is 9.98. The van der Waals surface area contributed by atoms with Crippen molar-refractivity contribution in [2.75, 3.05) is 6.54 Å². The Morgan fingerprint density at radius 1 is 1.47 bits per heavy atom. The minimum Gasteiger partial charge on any atom is -0.351 e. The molecule has 1 aliphatic rings. The van der Waals surface area contributed by atoms with Crippen LogP contribution >= 0.6 is 0 Å². The second-order valence-electron chi connectivity index (χ2n) is 4.60. The fourth-order valence-electron chi connectivity index (χ4n) is 1.94. The molecule has 0 radical (unpaired) electrons. The van der Waals surface area contributed by atoms with Crippen molar-refractivity contribution >= 4 is 5.91 Å². The van der Waals surface area contributed by atoms with Gasteiger partial charge >= 0.3 is 0 Å². The normalized spacial score (nSPS) is 15.4. The lowest BCUT2D eigenvalue weighted by molar-refractivity contribution is 0.0944. The molecule has 0 atom stereocenters. The second-order valence-corrected chi connectivity index (χ2v) is 4.60. The van der Waals surface area contributed by atoms with Crippen LogP contribution in [0.5, 0.6) is 0 Å². The number of hydrogen-bond acceptors (Lipinski definition) is 3. The Labute approximate surface area is 102 Å². The molecule has 1 aliphatic carbocycles. The van der Waals surface area contributed by atoms with Crippen molar-refractivity contribution in [1.82, 2.24) is 10.3 Å². The molecule has 0 saturated heterocycles. The first-order chi connectivity index (χ1) is 8.29. The van der Waals surface area contributed by atoms with Crippen LogP contribution in [0.25, 0.3) is 0 Å². The van der Waals surface area contributed by atoms with Gasteiger partial charge in [-0.2, -0.15) is 0 Å². The molecular weight excluding hydrogens is 214 g/mol. The average Bonchev–Trinajstić information content (AvgIpc) is 2.32. The number of carbonyl (C=O) groups is 1. The number of nitrogens with one attached hydrogen (secondary N) is 1. The van der Waals surface area contributed by atoms with Crippen molar-refractivity contribution in [3.63, 3.8) is 0 Å². The molecule has 1 aromatic rings. The van der Waals surface area contributed by atoms with E-state index in [9.17, 15) is 4.79 Å². The molecule has 1 saturated carbocycles. The Morgan fingerprint density at radius 2 is 2.29 bits per heavy atom. The summed E-state index contributed by atoms with van der Waals surface area (Å²) >= 11 is 0. The zero-order valence-corrected chi connectivity index (χ0v) is 9.98. The molecule has 1 heterocycles. The van der Waals surface area contributed by atoms with Gasteiger partial charge in [0.1, 0.15) is 5.69 Å². The van der Waals surface area contributed by atoms with Crippen molar-refractivity contribution in [3.05, 3.63) is 29.6 Å². The first kappa shape index (κ1) is 12.0. The van der Waals surface area contributed by atoms with Gasteiger partial charge in [-0.3, -0.25) is 9.78 Å². The maximum atomic E-state index is 11.7. The SMILES string of the molecule is NCc1ccc(C(=O)NCCC2CCC2)nc1. The highest BCUT2D eigenvalue weighted by molar-refractivity contribution is 5.92. The van der Waals surface area contributed by atoms with E-state index in [0.717, 1.165) is 24.4 Å². The molecule has 0 unspecified atom stereocenters. The van der Waals surface area contributed by atoms with Gasteiger partial charge in [-0.15, -0.1) is 0 Å². The fraction of sp³-hybridized carbons (Fsp3) is 0.538. The van der Waals surface area contributed by atoms with E-state index in [1.54, 1.807) is 12.3 Å². The van der Waals surface area contributed by atoms with Gasteiger partial charge in [0.05, 0.1) is 0 Å². The monoisotopic (exact) mass is 233 g/mol. The van der Waals surface area contributed by atoms with Crippen molar-refractivity contribution < 1.29 is 4.79 Å². The molecule has 17 heavy (non-hydrogen) atoms. The van der Waals surface area contributed by atoms with Crippen LogP contribution in [0, 0.1) is 5.92 Å². The summed E-state index contributed by atoms with van der Waals surface area (Å²) in [5.41, 5.74) is 6.88. The molecule has 92 valence electrons. The number of hydrogen-bond donors (Lipinski definition) is 2. The summed E-state index contributed by atoms with van der Waals surface area (Å²) in [5.74, 6) is 0.732. The van der Waals surface area contributed by atoms with E-state index in [0.29, 0.717) is 12.2 Å². The molecule has 4 heteroatoms. The van der Waals surface area contributed by atoms with E-state index >= 15 is 0 Å². The van der Waals surface area contributed by atoms with E-state index in [2.05, 4.69) is 10.3 Å². The Hall–Kier alpha value is -1.42. The van der Waals surface area contributed by atoms with Gasteiger partial charge in [-0.1, -0.05) is 25.3 Å². The number of amides is 1. The maximum absolute atomic E-state index is 11.7. The molecule has 1 fully saturated rings. The van der Waals surface area contributed by atoms with Crippen LogP contribution in [0.1, 0.15) is 41.7 Å². The number of aromatic nitrogens is 1. The molecular formula is C13H19N3O. The van der Waals surface area contributed by atoms with Gasteiger partial charge in [0, 0.05) is 19.3 Å². The molecule has 0 aliphatic heterocycles.